The molecule has 4 rings (SSSR count). The molecule has 0 bridgehead atoms. The van der Waals surface area contributed by atoms with Crippen LogP contribution in [0, 0.1) is 0 Å². The molecule has 1 aromatic heterocycles. The number of nitrogens with one attached hydrogen (secondary N) is 2. The van der Waals surface area contributed by atoms with Gasteiger partial charge in [0.05, 0.1) is 22.2 Å². The first-order valence-electron chi connectivity index (χ1n) is 9.32. The van der Waals surface area contributed by atoms with Crippen LogP contribution in [0.3, 0.4) is 0 Å². The predicted molar refractivity (Wildman–Crippen MR) is 117 cm³/mol. The van der Waals surface area contributed by atoms with E-state index in [1.54, 1.807) is 72.8 Å². The summed E-state index contributed by atoms with van der Waals surface area (Å²) in [5.74, 6) is -0.838. The van der Waals surface area contributed by atoms with Crippen molar-refractivity contribution in [2.75, 3.05) is 5.32 Å². The zero-order valence-electron chi connectivity index (χ0n) is 16.1. The predicted octanol–water partition coefficient (Wildman–Crippen LogP) is 4.19. The van der Waals surface area contributed by atoms with E-state index in [9.17, 15) is 14.4 Å². The van der Waals surface area contributed by atoms with E-state index in [1.807, 2.05) is 0 Å². The quantitative estimate of drug-likeness (QED) is 0.459. The lowest BCUT2D eigenvalue weighted by molar-refractivity contribution is 0.0463. The van der Waals surface area contributed by atoms with Crippen LogP contribution < -0.4 is 10.9 Å². The summed E-state index contributed by atoms with van der Waals surface area (Å²) in [7, 11) is 0. The molecule has 3 aromatic carbocycles. The standard InChI is InChI=1S/C23H16ClN3O4/c24-15-10-11-16-19(12-15)25-20(27-22(16)29)13-31-23(30)17-8-4-5-9-18(17)26-21(28)14-6-2-1-3-7-14/h1-12H,13H2,(H,26,28)(H,25,27,29). The van der Waals surface area contributed by atoms with E-state index in [2.05, 4.69) is 15.3 Å². The van der Waals surface area contributed by atoms with E-state index in [0.717, 1.165) is 0 Å². The second kappa shape index (κ2) is 8.81. The van der Waals surface area contributed by atoms with Crippen molar-refractivity contribution in [3.05, 3.63) is 105 Å². The summed E-state index contributed by atoms with van der Waals surface area (Å²) in [6, 6.07) is 19.9. The van der Waals surface area contributed by atoms with Gasteiger partial charge in [-0.3, -0.25) is 9.59 Å². The number of esters is 1. The number of aromatic amines is 1. The maximum absolute atomic E-state index is 12.6. The average Bonchev–Trinajstić information content (AvgIpc) is 2.78. The lowest BCUT2D eigenvalue weighted by Gasteiger charge is -2.11. The Balaban J connectivity index is 1.51. The molecule has 0 spiro atoms. The van der Waals surface area contributed by atoms with Crippen molar-refractivity contribution in [2.24, 2.45) is 0 Å². The minimum absolute atomic E-state index is 0.179. The van der Waals surface area contributed by atoms with Gasteiger partial charge in [-0.2, -0.15) is 0 Å². The number of anilines is 1. The average molecular weight is 434 g/mol. The molecule has 0 radical (unpaired) electrons. The number of aromatic nitrogens is 2. The Morgan fingerprint density at radius 3 is 2.55 bits per heavy atom. The molecule has 0 aliphatic carbocycles. The summed E-state index contributed by atoms with van der Waals surface area (Å²) in [6.07, 6.45) is 0. The number of halogens is 1. The fourth-order valence-electron chi connectivity index (χ4n) is 3.00. The number of amides is 1. The van der Waals surface area contributed by atoms with E-state index >= 15 is 0 Å². The molecule has 154 valence electrons. The van der Waals surface area contributed by atoms with Gasteiger partial charge >= 0.3 is 5.97 Å². The van der Waals surface area contributed by atoms with E-state index in [-0.39, 0.29) is 29.5 Å². The summed E-state index contributed by atoms with van der Waals surface area (Å²) >= 11 is 5.96. The van der Waals surface area contributed by atoms with Crippen LogP contribution >= 0.6 is 11.6 Å². The van der Waals surface area contributed by atoms with Crippen LogP contribution in [0.2, 0.25) is 5.02 Å². The van der Waals surface area contributed by atoms with Gasteiger partial charge in [0.2, 0.25) is 0 Å². The molecule has 0 aliphatic rings. The van der Waals surface area contributed by atoms with Crippen LogP contribution in [-0.4, -0.2) is 21.8 Å². The molecule has 1 heterocycles. The molecule has 0 aliphatic heterocycles. The van der Waals surface area contributed by atoms with Crippen molar-refractivity contribution in [1.82, 2.24) is 9.97 Å². The highest BCUT2D eigenvalue weighted by Crippen LogP contribution is 2.19. The van der Waals surface area contributed by atoms with Gasteiger partial charge < -0.3 is 15.0 Å². The third-order valence-corrected chi connectivity index (χ3v) is 4.72. The Labute approximate surface area is 181 Å². The number of hydrogen-bond acceptors (Lipinski definition) is 5. The minimum Gasteiger partial charge on any atom is -0.454 e. The molecule has 7 nitrogen and oxygen atoms in total. The summed E-state index contributed by atoms with van der Waals surface area (Å²) in [4.78, 5) is 44.2. The fourth-order valence-corrected chi connectivity index (χ4v) is 3.16. The smallest absolute Gasteiger partial charge is 0.340 e. The Morgan fingerprint density at radius 2 is 1.74 bits per heavy atom. The molecule has 0 atom stereocenters. The molecule has 2 N–H and O–H groups in total. The number of rotatable bonds is 5. The number of hydrogen-bond donors (Lipinski definition) is 2. The van der Waals surface area contributed by atoms with Gasteiger partial charge in [0.25, 0.3) is 11.5 Å². The molecule has 0 unspecified atom stereocenters. The van der Waals surface area contributed by atoms with Gasteiger partial charge in [-0.1, -0.05) is 41.9 Å². The zero-order valence-corrected chi connectivity index (χ0v) is 16.8. The maximum atomic E-state index is 12.6. The van der Waals surface area contributed by atoms with Crippen molar-refractivity contribution in [3.63, 3.8) is 0 Å². The molecule has 0 fully saturated rings. The number of fused-ring (bicyclic) bond motifs is 1. The third kappa shape index (κ3) is 4.62. The molecule has 0 saturated heterocycles. The fraction of sp³-hybridized carbons (Fsp3) is 0.0435. The van der Waals surface area contributed by atoms with Crippen LogP contribution in [0.5, 0.6) is 0 Å². The maximum Gasteiger partial charge on any atom is 0.340 e. The van der Waals surface area contributed by atoms with Gasteiger partial charge in [0.15, 0.2) is 0 Å². The highest BCUT2D eigenvalue weighted by molar-refractivity contribution is 6.31. The molecular formula is C23H16ClN3O4. The topological polar surface area (TPSA) is 101 Å². The second-order valence-corrected chi connectivity index (χ2v) is 7.05. The first-order valence-corrected chi connectivity index (χ1v) is 9.70. The first kappa shape index (κ1) is 20.3. The third-order valence-electron chi connectivity index (χ3n) is 4.49. The Kier molecular flexibility index (Phi) is 5.77. The summed E-state index contributed by atoms with van der Waals surface area (Å²) in [5, 5.41) is 3.54. The number of H-pyrrole nitrogens is 1. The molecule has 31 heavy (non-hydrogen) atoms. The monoisotopic (exact) mass is 433 g/mol. The largest absolute Gasteiger partial charge is 0.454 e. The number of para-hydroxylation sites is 1. The second-order valence-electron chi connectivity index (χ2n) is 6.62. The van der Waals surface area contributed by atoms with Gasteiger partial charge in [-0.05, 0) is 42.5 Å². The normalized spacial score (nSPS) is 10.6. The summed E-state index contributed by atoms with van der Waals surface area (Å²) in [5.41, 5.74) is 0.995. The van der Waals surface area contributed by atoms with Gasteiger partial charge in [-0.15, -0.1) is 0 Å². The molecule has 0 saturated carbocycles. The number of benzene rings is 3. The highest BCUT2D eigenvalue weighted by Gasteiger charge is 2.16. The summed E-state index contributed by atoms with van der Waals surface area (Å²) in [6.45, 7) is -0.252. The van der Waals surface area contributed by atoms with Crippen LogP contribution in [-0.2, 0) is 11.3 Å². The van der Waals surface area contributed by atoms with Crippen molar-refractivity contribution >= 4 is 40.1 Å². The Bertz CT molecular complexity index is 1340. The first-order chi connectivity index (χ1) is 15.0. The molecule has 4 aromatic rings. The van der Waals surface area contributed by atoms with Crippen molar-refractivity contribution in [3.8, 4) is 0 Å². The number of ether oxygens (including phenoxy) is 1. The molecule has 1 amide bonds. The van der Waals surface area contributed by atoms with E-state index < -0.39 is 5.97 Å². The molecular weight excluding hydrogens is 418 g/mol. The van der Waals surface area contributed by atoms with Crippen LogP contribution in [0.15, 0.2) is 77.6 Å². The van der Waals surface area contributed by atoms with Crippen LogP contribution in [0.4, 0.5) is 5.69 Å². The van der Waals surface area contributed by atoms with Crippen molar-refractivity contribution in [1.29, 1.82) is 0 Å². The Hall–Kier alpha value is -3.97. The molecule has 8 heteroatoms. The lowest BCUT2D eigenvalue weighted by atomic mass is 10.1. The van der Waals surface area contributed by atoms with E-state index in [0.29, 0.717) is 27.2 Å². The van der Waals surface area contributed by atoms with Gasteiger partial charge in [-0.25, -0.2) is 9.78 Å². The van der Waals surface area contributed by atoms with Crippen LogP contribution in [0.1, 0.15) is 26.5 Å². The van der Waals surface area contributed by atoms with E-state index in [4.69, 9.17) is 16.3 Å². The van der Waals surface area contributed by atoms with E-state index in [1.165, 1.54) is 0 Å². The van der Waals surface area contributed by atoms with Crippen molar-refractivity contribution < 1.29 is 14.3 Å². The van der Waals surface area contributed by atoms with Gasteiger partial charge in [0, 0.05) is 10.6 Å². The SMILES string of the molecule is O=C(Nc1ccccc1C(=O)OCc1nc2cc(Cl)ccc2c(=O)[nH]1)c1ccccc1. The lowest BCUT2D eigenvalue weighted by Crippen LogP contribution is -2.17. The number of carbonyl (C=O) groups excluding carboxylic acids is 2. The van der Waals surface area contributed by atoms with Crippen molar-refractivity contribution in [2.45, 2.75) is 6.61 Å². The minimum atomic E-state index is -0.669. The van der Waals surface area contributed by atoms with Crippen LogP contribution in [0.25, 0.3) is 10.9 Å². The number of nitrogens with zero attached hydrogens (tertiary/aromatic N) is 1. The number of carbonyl (C=O) groups is 2. The highest BCUT2D eigenvalue weighted by atomic mass is 35.5. The summed E-state index contributed by atoms with van der Waals surface area (Å²) < 4.78 is 5.32. The Morgan fingerprint density at radius 1 is 1.00 bits per heavy atom. The zero-order chi connectivity index (χ0) is 21.8. The van der Waals surface area contributed by atoms with Gasteiger partial charge in [0.1, 0.15) is 12.4 Å².